The minimum atomic E-state index is -7.18. The molecule has 0 amide bonds. The Morgan fingerprint density at radius 3 is 1.57 bits per heavy atom. The van der Waals surface area contributed by atoms with E-state index in [9.17, 15) is 57.5 Å². The van der Waals surface area contributed by atoms with Crippen LogP contribution < -0.4 is 4.72 Å². The van der Waals surface area contributed by atoms with E-state index in [4.69, 9.17) is 0 Å². The quantitative estimate of drug-likeness (QED) is 0.274. The highest BCUT2D eigenvalue weighted by atomic mass is 32.2. The Bertz CT molecular complexity index is 705. The first-order chi connectivity index (χ1) is 13.3. The lowest BCUT2D eigenvalue weighted by atomic mass is 10.0. The molecule has 0 unspecified atom stereocenters. The lowest BCUT2D eigenvalue weighted by Crippen LogP contribution is -2.61. The van der Waals surface area contributed by atoms with Gasteiger partial charge in [0, 0.05) is 6.42 Å². The minimum Gasteiger partial charge on any atom is -0.464 e. The predicted molar refractivity (Wildman–Crippen MR) is 79.5 cm³/mol. The maximum absolute atomic E-state index is 13.4. The number of sulfonamides is 1. The Morgan fingerprint density at radius 1 is 0.833 bits per heavy atom. The molecule has 0 saturated carbocycles. The van der Waals surface area contributed by atoms with Gasteiger partial charge in [-0.2, -0.15) is 44.2 Å². The first-order valence-electron chi connectivity index (χ1n) is 7.80. The van der Waals surface area contributed by atoms with Crippen molar-refractivity contribution in [3.05, 3.63) is 0 Å². The summed E-state index contributed by atoms with van der Waals surface area (Å²) in [6, 6.07) is -2.46. The normalized spacial score (nSPS) is 14.0. The number of halogens is 9. The third-order valence-corrected chi connectivity index (χ3v) is 4.57. The number of nitrogens with one attached hydrogen (secondary N) is 1. The Balaban J connectivity index is 5.58. The van der Waals surface area contributed by atoms with Crippen molar-refractivity contribution < 1.29 is 67.0 Å². The van der Waals surface area contributed by atoms with Crippen LogP contribution in [0.25, 0.3) is 0 Å². The van der Waals surface area contributed by atoms with E-state index in [0.29, 0.717) is 0 Å². The molecular weight excluding hydrogens is 469 g/mol. The maximum Gasteiger partial charge on any atom is 0.460 e. The zero-order valence-electron chi connectivity index (χ0n) is 15.2. The Kier molecular flexibility index (Phi) is 9.00. The van der Waals surface area contributed by atoms with Crippen LogP contribution in [-0.2, 0) is 29.1 Å². The Labute approximate surface area is 163 Å². The van der Waals surface area contributed by atoms with Crippen molar-refractivity contribution in [1.29, 1.82) is 0 Å². The molecule has 0 aliphatic carbocycles. The maximum atomic E-state index is 13.4. The number of esters is 2. The second-order valence-corrected chi connectivity index (χ2v) is 7.35. The standard InChI is InChI=1S/C13H16F9NO6S/c1-3-28-8(24)7(9(25)29-4-2)23-30(26,27)6-5-10(14,15)11(16,17)12(18,19)13(20,21)22/h7,23H,3-6H2,1-2H3. The molecule has 0 aromatic carbocycles. The Hall–Kier alpha value is -1.78. The molecule has 1 N–H and O–H groups in total. The van der Waals surface area contributed by atoms with Gasteiger partial charge in [-0.25, -0.2) is 18.0 Å². The largest absolute Gasteiger partial charge is 0.464 e. The van der Waals surface area contributed by atoms with Crippen LogP contribution in [0.2, 0.25) is 0 Å². The molecule has 0 aromatic heterocycles. The number of alkyl halides is 9. The van der Waals surface area contributed by atoms with E-state index in [2.05, 4.69) is 9.47 Å². The van der Waals surface area contributed by atoms with Crippen LogP contribution in [-0.4, -0.2) is 69.3 Å². The summed E-state index contributed by atoms with van der Waals surface area (Å²) >= 11 is 0. The topological polar surface area (TPSA) is 98.8 Å². The molecule has 178 valence electrons. The number of carbonyl (C=O) groups excluding carboxylic acids is 2. The van der Waals surface area contributed by atoms with Gasteiger partial charge in [-0.3, -0.25) is 0 Å². The fourth-order valence-corrected chi connectivity index (χ4v) is 2.90. The molecule has 0 bridgehead atoms. The van der Waals surface area contributed by atoms with E-state index in [1.165, 1.54) is 18.6 Å². The predicted octanol–water partition coefficient (Wildman–Crippen LogP) is 2.26. The summed E-state index contributed by atoms with van der Waals surface area (Å²) in [6.07, 6.45) is -9.77. The summed E-state index contributed by atoms with van der Waals surface area (Å²) in [5.41, 5.74) is 0. The lowest BCUT2D eigenvalue weighted by Gasteiger charge is -2.33. The number of ether oxygens (including phenoxy) is 2. The second-order valence-electron chi connectivity index (χ2n) is 5.47. The van der Waals surface area contributed by atoms with Crippen molar-refractivity contribution in [3.63, 3.8) is 0 Å². The second kappa shape index (κ2) is 9.57. The molecule has 0 fully saturated rings. The van der Waals surface area contributed by atoms with Crippen molar-refractivity contribution in [2.24, 2.45) is 0 Å². The van der Waals surface area contributed by atoms with Gasteiger partial charge in [0.2, 0.25) is 16.1 Å². The van der Waals surface area contributed by atoms with E-state index in [1.54, 1.807) is 0 Å². The Morgan fingerprint density at radius 2 is 1.23 bits per heavy atom. The van der Waals surface area contributed by atoms with Gasteiger partial charge in [0.25, 0.3) is 0 Å². The highest BCUT2D eigenvalue weighted by Gasteiger charge is 2.81. The summed E-state index contributed by atoms with van der Waals surface area (Å²) in [5.74, 6) is -25.6. The smallest absolute Gasteiger partial charge is 0.460 e. The van der Waals surface area contributed by atoms with Crippen molar-refractivity contribution in [2.45, 2.75) is 50.3 Å². The van der Waals surface area contributed by atoms with Crippen LogP contribution in [0, 0.1) is 0 Å². The number of carbonyl (C=O) groups is 2. The van der Waals surface area contributed by atoms with Crippen LogP contribution in [0.3, 0.4) is 0 Å². The van der Waals surface area contributed by atoms with Gasteiger partial charge < -0.3 is 9.47 Å². The number of rotatable bonds is 11. The van der Waals surface area contributed by atoms with Gasteiger partial charge in [-0.1, -0.05) is 0 Å². The molecule has 0 rings (SSSR count). The fourth-order valence-electron chi connectivity index (χ4n) is 1.71. The average molecular weight is 485 g/mol. The summed E-state index contributed by atoms with van der Waals surface area (Å²) in [7, 11) is -5.27. The molecule has 0 saturated heterocycles. The highest BCUT2D eigenvalue weighted by Crippen LogP contribution is 2.54. The molecule has 0 aliphatic heterocycles. The van der Waals surface area contributed by atoms with Gasteiger partial charge in [0.05, 0.1) is 19.0 Å². The molecular formula is C13H16F9NO6S. The fraction of sp³-hybridized carbons (Fsp3) is 0.846. The van der Waals surface area contributed by atoms with Crippen molar-refractivity contribution >= 4 is 22.0 Å². The molecule has 7 nitrogen and oxygen atoms in total. The van der Waals surface area contributed by atoms with E-state index in [1.807, 2.05) is 0 Å². The molecule has 17 heteroatoms. The van der Waals surface area contributed by atoms with Crippen LogP contribution in [0.5, 0.6) is 0 Å². The molecule has 0 aliphatic rings. The van der Waals surface area contributed by atoms with E-state index in [-0.39, 0.29) is 13.2 Å². The first kappa shape index (κ1) is 28.2. The summed E-state index contributed by atoms with van der Waals surface area (Å²) in [6.45, 7) is 1.71. The van der Waals surface area contributed by atoms with E-state index in [0.717, 1.165) is 0 Å². The number of hydrogen-bond donors (Lipinski definition) is 1. The van der Waals surface area contributed by atoms with Crippen molar-refractivity contribution in [2.75, 3.05) is 19.0 Å². The summed E-state index contributed by atoms with van der Waals surface area (Å²) in [5, 5.41) is 0. The zero-order chi connectivity index (χ0) is 24.2. The first-order valence-corrected chi connectivity index (χ1v) is 9.46. The third kappa shape index (κ3) is 6.36. The zero-order valence-corrected chi connectivity index (χ0v) is 16.0. The molecule has 0 aromatic rings. The number of hydrogen-bond acceptors (Lipinski definition) is 6. The molecule has 0 atom stereocenters. The molecule has 0 heterocycles. The van der Waals surface area contributed by atoms with Crippen LogP contribution in [0.4, 0.5) is 39.5 Å². The third-order valence-electron chi connectivity index (χ3n) is 3.24. The van der Waals surface area contributed by atoms with E-state index >= 15 is 0 Å². The van der Waals surface area contributed by atoms with Crippen LogP contribution >= 0.6 is 0 Å². The van der Waals surface area contributed by atoms with Gasteiger partial charge in [-0.15, -0.1) is 0 Å². The van der Waals surface area contributed by atoms with Gasteiger partial charge >= 0.3 is 35.9 Å². The monoisotopic (exact) mass is 485 g/mol. The van der Waals surface area contributed by atoms with Crippen molar-refractivity contribution in [3.8, 4) is 0 Å². The van der Waals surface area contributed by atoms with Gasteiger partial charge in [-0.05, 0) is 13.8 Å². The van der Waals surface area contributed by atoms with E-state index < -0.39 is 64.1 Å². The van der Waals surface area contributed by atoms with Crippen LogP contribution in [0.1, 0.15) is 20.3 Å². The molecule has 0 spiro atoms. The molecule has 30 heavy (non-hydrogen) atoms. The average Bonchev–Trinajstić information content (AvgIpc) is 2.57. The van der Waals surface area contributed by atoms with Gasteiger partial charge in [0.15, 0.2) is 0 Å². The highest BCUT2D eigenvalue weighted by molar-refractivity contribution is 7.89. The SMILES string of the molecule is CCOC(=O)C(NS(=O)(=O)CCC(F)(F)C(F)(F)C(F)(F)C(F)(F)F)C(=O)OCC. The minimum absolute atomic E-state index is 0.382. The molecule has 0 radical (unpaired) electrons. The van der Waals surface area contributed by atoms with Crippen molar-refractivity contribution in [1.82, 2.24) is 4.72 Å². The summed E-state index contributed by atoms with van der Waals surface area (Å²) in [4.78, 5) is 23.2. The van der Waals surface area contributed by atoms with Crippen LogP contribution in [0.15, 0.2) is 0 Å². The summed E-state index contributed by atoms with van der Waals surface area (Å²) < 4.78 is 148. The lowest BCUT2D eigenvalue weighted by molar-refractivity contribution is -0.396. The van der Waals surface area contributed by atoms with Gasteiger partial charge in [0.1, 0.15) is 0 Å².